The van der Waals surface area contributed by atoms with Gasteiger partial charge >= 0.3 is 0 Å². The summed E-state index contributed by atoms with van der Waals surface area (Å²) >= 11 is 0. The Kier molecular flexibility index (Phi) is 3.66. The number of hydrogen-bond acceptors (Lipinski definition) is 2. The van der Waals surface area contributed by atoms with Gasteiger partial charge in [0, 0.05) is 13.0 Å². The molecule has 3 rings (SSSR count). The lowest BCUT2D eigenvalue weighted by Gasteiger charge is -2.39. The van der Waals surface area contributed by atoms with Gasteiger partial charge in [0.2, 0.25) is 11.8 Å². The van der Waals surface area contributed by atoms with Crippen LogP contribution in [0.15, 0.2) is 30.3 Å². The molecule has 1 aliphatic heterocycles. The van der Waals surface area contributed by atoms with Crippen molar-refractivity contribution < 1.29 is 9.59 Å². The number of terminal acetylenes is 1. The maximum Gasteiger partial charge on any atom is 0.248 e. The molecule has 2 aliphatic rings. The van der Waals surface area contributed by atoms with E-state index < -0.39 is 6.04 Å². The number of amides is 2. The monoisotopic (exact) mass is 282 g/mol. The predicted octanol–water partition coefficient (Wildman–Crippen LogP) is 1.49. The first-order valence-electron chi connectivity index (χ1n) is 7.31. The summed E-state index contributed by atoms with van der Waals surface area (Å²) in [6.45, 7) is 0.422. The van der Waals surface area contributed by atoms with Crippen molar-refractivity contribution >= 4 is 11.8 Å². The van der Waals surface area contributed by atoms with Gasteiger partial charge in [-0.05, 0) is 24.3 Å². The number of nitrogens with zero attached hydrogens (tertiary/aromatic N) is 1. The summed E-state index contributed by atoms with van der Waals surface area (Å²) in [5, 5.41) is 2.90. The average Bonchev–Trinajstić information content (AvgIpc) is 3.33. The Morgan fingerprint density at radius 3 is 2.57 bits per heavy atom. The number of benzene rings is 1. The topological polar surface area (TPSA) is 49.4 Å². The van der Waals surface area contributed by atoms with Gasteiger partial charge in [-0.3, -0.25) is 9.59 Å². The maximum absolute atomic E-state index is 12.7. The zero-order chi connectivity index (χ0) is 14.8. The molecule has 21 heavy (non-hydrogen) atoms. The van der Waals surface area contributed by atoms with E-state index in [1.165, 1.54) is 0 Å². The van der Waals surface area contributed by atoms with Crippen LogP contribution in [-0.4, -0.2) is 29.3 Å². The van der Waals surface area contributed by atoms with Crippen LogP contribution in [0.1, 0.15) is 30.9 Å². The maximum atomic E-state index is 12.7. The Hall–Kier alpha value is -2.28. The fraction of sp³-hybridized carbons (Fsp3) is 0.412. The minimum absolute atomic E-state index is 0.00111. The molecule has 2 atom stereocenters. The molecule has 108 valence electrons. The molecule has 1 saturated heterocycles. The van der Waals surface area contributed by atoms with Gasteiger partial charge in [0.25, 0.3) is 0 Å². The zero-order valence-electron chi connectivity index (χ0n) is 11.8. The van der Waals surface area contributed by atoms with Gasteiger partial charge in [0.1, 0.15) is 12.1 Å². The standard InChI is InChI=1S/C17H18N2O2/c1-2-3-11-19-15(13-7-5-4-6-8-13)16(20)18-14(17(19)21)12-9-10-12/h1,4-8,12,14-15H,3,9-11H2,(H,18,20). The van der Waals surface area contributed by atoms with Gasteiger partial charge in [0.05, 0.1) is 0 Å². The lowest BCUT2D eigenvalue weighted by atomic mass is 9.97. The lowest BCUT2D eigenvalue weighted by molar-refractivity contribution is -0.150. The first-order chi connectivity index (χ1) is 10.2. The molecule has 4 nitrogen and oxygen atoms in total. The van der Waals surface area contributed by atoms with E-state index in [9.17, 15) is 9.59 Å². The molecular formula is C17H18N2O2. The van der Waals surface area contributed by atoms with Crippen molar-refractivity contribution in [2.45, 2.75) is 31.3 Å². The smallest absolute Gasteiger partial charge is 0.248 e. The molecule has 0 bridgehead atoms. The highest BCUT2D eigenvalue weighted by Gasteiger charge is 2.46. The Balaban J connectivity index is 1.90. The van der Waals surface area contributed by atoms with Gasteiger partial charge < -0.3 is 10.2 Å². The molecule has 1 N–H and O–H groups in total. The van der Waals surface area contributed by atoms with E-state index in [0.717, 1.165) is 18.4 Å². The molecule has 1 aromatic carbocycles. The number of carbonyl (C=O) groups is 2. The molecule has 0 radical (unpaired) electrons. The third-order valence-corrected chi connectivity index (χ3v) is 4.11. The number of hydrogen-bond donors (Lipinski definition) is 1. The fourth-order valence-corrected chi connectivity index (χ4v) is 2.88. The normalized spacial score (nSPS) is 25.4. The second-order valence-corrected chi connectivity index (χ2v) is 5.62. The van der Waals surface area contributed by atoms with E-state index in [2.05, 4.69) is 11.2 Å². The molecule has 2 amide bonds. The average molecular weight is 282 g/mol. The van der Waals surface area contributed by atoms with Crippen molar-refractivity contribution in [1.29, 1.82) is 0 Å². The van der Waals surface area contributed by atoms with Crippen molar-refractivity contribution in [1.82, 2.24) is 10.2 Å². The molecule has 1 aliphatic carbocycles. The molecule has 0 spiro atoms. The molecule has 2 unspecified atom stereocenters. The number of rotatable bonds is 4. The van der Waals surface area contributed by atoms with Crippen molar-refractivity contribution in [3.8, 4) is 12.3 Å². The summed E-state index contributed by atoms with van der Waals surface area (Å²) in [5.41, 5.74) is 0.828. The van der Waals surface area contributed by atoms with E-state index in [0.29, 0.717) is 18.9 Å². The van der Waals surface area contributed by atoms with Crippen LogP contribution in [-0.2, 0) is 9.59 Å². The van der Waals surface area contributed by atoms with Crippen molar-refractivity contribution in [3.63, 3.8) is 0 Å². The first-order valence-corrected chi connectivity index (χ1v) is 7.31. The number of piperazine rings is 1. The highest BCUT2D eigenvalue weighted by atomic mass is 16.2. The van der Waals surface area contributed by atoms with Crippen LogP contribution in [0, 0.1) is 18.3 Å². The van der Waals surface area contributed by atoms with E-state index in [4.69, 9.17) is 6.42 Å². The lowest BCUT2D eigenvalue weighted by Crippen LogP contribution is -2.60. The van der Waals surface area contributed by atoms with Crippen LogP contribution in [0.4, 0.5) is 0 Å². The Bertz CT molecular complexity index is 587. The van der Waals surface area contributed by atoms with Crippen LogP contribution in [0.25, 0.3) is 0 Å². The molecule has 1 aromatic rings. The molecule has 0 aromatic heterocycles. The fourth-order valence-electron chi connectivity index (χ4n) is 2.88. The summed E-state index contributed by atoms with van der Waals surface area (Å²) in [6.07, 6.45) is 7.81. The SMILES string of the molecule is C#CCCN1C(=O)C(C2CC2)NC(=O)C1c1ccccc1. The van der Waals surface area contributed by atoms with Gasteiger partial charge in [-0.2, -0.15) is 0 Å². The quantitative estimate of drug-likeness (QED) is 0.851. The van der Waals surface area contributed by atoms with Gasteiger partial charge in [-0.15, -0.1) is 12.3 Å². The molecular weight excluding hydrogens is 264 g/mol. The van der Waals surface area contributed by atoms with Crippen LogP contribution < -0.4 is 5.32 Å². The highest BCUT2D eigenvalue weighted by molar-refractivity contribution is 5.98. The Labute approximate surface area is 124 Å². The minimum atomic E-state index is -0.568. The van der Waals surface area contributed by atoms with Gasteiger partial charge in [-0.25, -0.2) is 0 Å². The number of nitrogens with one attached hydrogen (secondary N) is 1. The first kappa shape index (κ1) is 13.7. The summed E-state index contributed by atoms with van der Waals surface area (Å²) < 4.78 is 0. The molecule has 1 saturated carbocycles. The van der Waals surface area contributed by atoms with Crippen LogP contribution in [0.2, 0.25) is 0 Å². The van der Waals surface area contributed by atoms with Gasteiger partial charge in [0.15, 0.2) is 0 Å². The highest BCUT2D eigenvalue weighted by Crippen LogP contribution is 2.37. The predicted molar refractivity (Wildman–Crippen MR) is 79.0 cm³/mol. The summed E-state index contributed by atoms with van der Waals surface area (Å²) in [5.74, 6) is 2.75. The second-order valence-electron chi connectivity index (χ2n) is 5.62. The summed E-state index contributed by atoms with van der Waals surface area (Å²) in [6, 6.07) is 8.46. The van der Waals surface area contributed by atoms with E-state index >= 15 is 0 Å². The van der Waals surface area contributed by atoms with Crippen molar-refractivity contribution in [2.75, 3.05) is 6.54 Å². The Morgan fingerprint density at radius 1 is 1.24 bits per heavy atom. The summed E-state index contributed by atoms with van der Waals surface area (Å²) in [4.78, 5) is 26.8. The third kappa shape index (κ3) is 2.64. The molecule has 1 heterocycles. The van der Waals surface area contributed by atoms with Crippen LogP contribution >= 0.6 is 0 Å². The number of carbonyl (C=O) groups excluding carboxylic acids is 2. The molecule has 4 heteroatoms. The Morgan fingerprint density at radius 2 is 1.95 bits per heavy atom. The second kappa shape index (κ2) is 5.61. The zero-order valence-corrected chi connectivity index (χ0v) is 11.8. The van der Waals surface area contributed by atoms with E-state index in [1.807, 2.05) is 30.3 Å². The molecule has 2 fully saturated rings. The minimum Gasteiger partial charge on any atom is -0.342 e. The van der Waals surface area contributed by atoms with Gasteiger partial charge in [-0.1, -0.05) is 30.3 Å². The third-order valence-electron chi connectivity index (χ3n) is 4.11. The van der Waals surface area contributed by atoms with Crippen LogP contribution in [0.3, 0.4) is 0 Å². The van der Waals surface area contributed by atoms with Crippen molar-refractivity contribution in [2.24, 2.45) is 5.92 Å². The largest absolute Gasteiger partial charge is 0.342 e. The van der Waals surface area contributed by atoms with E-state index in [1.54, 1.807) is 4.90 Å². The van der Waals surface area contributed by atoms with Crippen LogP contribution in [0.5, 0.6) is 0 Å². The summed E-state index contributed by atoms with van der Waals surface area (Å²) in [7, 11) is 0. The van der Waals surface area contributed by atoms with Crippen molar-refractivity contribution in [3.05, 3.63) is 35.9 Å². The van der Waals surface area contributed by atoms with E-state index in [-0.39, 0.29) is 17.9 Å².